The fourth-order valence-electron chi connectivity index (χ4n) is 3.08. The van der Waals surface area contributed by atoms with E-state index in [0.717, 1.165) is 6.08 Å². The Balaban J connectivity index is 2.55. The second-order valence-corrected chi connectivity index (χ2v) is 11.0. The van der Waals surface area contributed by atoms with Gasteiger partial charge in [0.05, 0.1) is 6.61 Å². The summed E-state index contributed by atoms with van der Waals surface area (Å²) >= 11 is 0. The summed E-state index contributed by atoms with van der Waals surface area (Å²) in [6, 6.07) is 20.6. The van der Waals surface area contributed by atoms with Gasteiger partial charge in [0.15, 0.2) is 0 Å². The predicted molar refractivity (Wildman–Crippen MR) is 100 cm³/mol. The Kier molecular flexibility index (Phi) is 5.75. The van der Waals surface area contributed by atoms with Crippen LogP contribution in [-0.2, 0) is 9.22 Å². The summed E-state index contributed by atoms with van der Waals surface area (Å²) in [5.74, 6) is -0.957. The normalized spacial score (nSPS) is 12.5. The molecule has 0 unspecified atom stereocenters. The Hall–Kier alpha value is -2.17. The van der Waals surface area contributed by atoms with Crippen LogP contribution in [0.3, 0.4) is 0 Å². The van der Waals surface area contributed by atoms with Crippen LogP contribution in [0.5, 0.6) is 0 Å². The van der Waals surface area contributed by atoms with E-state index in [1.807, 2.05) is 36.4 Å². The van der Waals surface area contributed by atoms with Crippen LogP contribution in [0.25, 0.3) is 0 Å². The number of hydrogen-bond donors (Lipinski definition) is 1. The highest BCUT2D eigenvalue weighted by Gasteiger charge is 2.49. The molecule has 0 aliphatic rings. The summed E-state index contributed by atoms with van der Waals surface area (Å²) in [6.45, 7) is 6.86. The lowest BCUT2D eigenvalue weighted by Gasteiger charge is -2.42. The van der Waals surface area contributed by atoms with Gasteiger partial charge in [0.1, 0.15) is 0 Å². The molecule has 0 heterocycles. The van der Waals surface area contributed by atoms with Crippen LogP contribution in [0.4, 0.5) is 0 Å². The molecule has 0 radical (unpaired) electrons. The van der Waals surface area contributed by atoms with E-state index >= 15 is 0 Å². The Morgan fingerprint density at radius 1 is 1.00 bits per heavy atom. The molecular weight excluding hydrogens is 316 g/mol. The van der Waals surface area contributed by atoms with E-state index < -0.39 is 14.3 Å². The zero-order chi connectivity index (χ0) is 17.6. The van der Waals surface area contributed by atoms with Crippen molar-refractivity contribution < 1.29 is 14.3 Å². The zero-order valence-corrected chi connectivity index (χ0v) is 15.4. The highest BCUT2D eigenvalue weighted by atomic mass is 28.4. The molecule has 2 rings (SSSR count). The molecule has 0 amide bonds. The van der Waals surface area contributed by atoms with Crippen molar-refractivity contribution in [2.75, 3.05) is 6.61 Å². The number of hydrogen-bond acceptors (Lipinski definition) is 2. The molecule has 0 spiro atoms. The van der Waals surface area contributed by atoms with Gasteiger partial charge in [-0.15, -0.1) is 0 Å². The first-order valence-electron chi connectivity index (χ1n) is 8.02. The minimum Gasteiger partial charge on any atom is -0.478 e. The third-order valence-corrected chi connectivity index (χ3v) is 9.08. The average Bonchev–Trinajstić information content (AvgIpc) is 2.55. The summed E-state index contributed by atoms with van der Waals surface area (Å²) in [5, 5.41) is 11.1. The first kappa shape index (κ1) is 18.2. The van der Waals surface area contributed by atoms with Crippen molar-refractivity contribution in [2.45, 2.75) is 25.8 Å². The van der Waals surface area contributed by atoms with E-state index in [4.69, 9.17) is 9.53 Å². The first-order chi connectivity index (χ1) is 11.4. The summed E-state index contributed by atoms with van der Waals surface area (Å²) in [4.78, 5) is 10.7. The summed E-state index contributed by atoms with van der Waals surface area (Å²) < 4.78 is 6.51. The fraction of sp³-hybridized carbons (Fsp3) is 0.250. The topological polar surface area (TPSA) is 46.5 Å². The molecule has 24 heavy (non-hydrogen) atoms. The summed E-state index contributed by atoms with van der Waals surface area (Å²) in [7, 11) is -2.57. The lowest BCUT2D eigenvalue weighted by molar-refractivity contribution is -0.131. The van der Waals surface area contributed by atoms with Gasteiger partial charge in [0, 0.05) is 6.08 Å². The molecule has 126 valence electrons. The van der Waals surface area contributed by atoms with Crippen LogP contribution in [0, 0.1) is 0 Å². The van der Waals surface area contributed by atoms with Gasteiger partial charge in [-0.3, -0.25) is 0 Å². The molecule has 0 atom stereocenters. The SMILES string of the molecule is CC(C)(C)[Si](OCC=CC(=O)O)(c1ccccc1)c1ccccc1. The third-order valence-electron chi connectivity index (χ3n) is 4.07. The number of carboxylic acids is 1. The Morgan fingerprint density at radius 3 is 1.83 bits per heavy atom. The molecule has 4 heteroatoms. The van der Waals surface area contributed by atoms with Crippen molar-refractivity contribution in [2.24, 2.45) is 0 Å². The highest BCUT2D eigenvalue weighted by Crippen LogP contribution is 2.36. The van der Waals surface area contributed by atoms with Crippen LogP contribution in [0.15, 0.2) is 72.8 Å². The minimum absolute atomic E-state index is 0.104. The second kappa shape index (κ2) is 7.60. The smallest absolute Gasteiger partial charge is 0.328 e. The number of aliphatic carboxylic acids is 1. The van der Waals surface area contributed by atoms with E-state index in [9.17, 15) is 4.79 Å². The largest absolute Gasteiger partial charge is 0.478 e. The van der Waals surface area contributed by atoms with E-state index in [0.29, 0.717) is 0 Å². The van der Waals surface area contributed by atoms with E-state index in [-0.39, 0.29) is 11.6 Å². The molecule has 0 aliphatic heterocycles. The Bertz CT molecular complexity index is 648. The van der Waals surface area contributed by atoms with Crippen molar-refractivity contribution in [3.8, 4) is 0 Å². The molecular formula is C20H24O3Si. The molecule has 2 aromatic carbocycles. The molecule has 0 aliphatic carbocycles. The van der Waals surface area contributed by atoms with Crippen molar-refractivity contribution >= 4 is 24.7 Å². The van der Waals surface area contributed by atoms with Crippen LogP contribution < -0.4 is 10.4 Å². The molecule has 0 aromatic heterocycles. The van der Waals surface area contributed by atoms with Gasteiger partial charge < -0.3 is 9.53 Å². The molecule has 0 saturated heterocycles. The molecule has 3 nitrogen and oxygen atoms in total. The van der Waals surface area contributed by atoms with Crippen LogP contribution in [0.2, 0.25) is 5.04 Å². The van der Waals surface area contributed by atoms with Crippen molar-refractivity contribution in [3.05, 3.63) is 72.8 Å². The van der Waals surface area contributed by atoms with E-state index in [2.05, 4.69) is 45.0 Å². The van der Waals surface area contributed by atoms with Gasteiger partial charge in [-0.1, -0.05) is 87.5 Å². The maximum atomic E-state index is 10.7. The first-order valence-corrected chi connectivity index (χ1v) is 9.93. The lowest BCUT2D eigenvalue weighted by atomic mass is 10.2. The zero-order valence-electron chi connectivity index (χ0n) is 14.4. The highest BCUT2D eigenvalue weighted by molar-refractivity contribution is 6.99. The van der Waals surface area contributed by atoms with E-state index in [1.54, 1.807) is 6.08 Å². The van der Waals surface area contributed by atoms with E-state index in [1.165, 1.54) is 10.4 Å². The maximum Gasteiger partial charge on any atom is 0.328 e. The van der Waals surface area contributed by atoms with Gasteiger partial charge in [-0.2, -0.15) is 0 Å². The third kappa shape index (κ3) is 3.83. The fourth-order valence-corrected chi connectivity index (χ4v) is 7.59. The van der Waals surface area contributed by atoms with Crippen LogP contribution in [-0.4, -0.2) is 26.0 Å². The molecule has 2 aromatic rings. The number of carbonyl (C=O) groups is 1. The van der Waals surface area contributed by atoms with Gasteiger partial charge in [0.25, 0.3) is 8.32 Å². The Labute approximate surface area is 144 Å². The summed E-state index contributed by atoms with van der Waals surface area (Å²) in [5.41, 5.74) is 0. The number of carboxylic acid groups (broad SMARTS) is 1. The average molecular weight is 340 g/mol. The lowest BCUT2D eigenvalue weighted by Crippen LogP contribution is -2.66. The van der Waals surface area contributed by atoms with Crippen LogP contribution >= 0.6 is 0 Å². The van der Waals surface area contributed by atoms with Crippen molar-refractivity contribution in [1.29, 1.82) is 0 Å². The molecule has 0 fully saturated rings. The summed E-state index contributed by atoms with van der Waals surface area (Å²) in [6.07, 6.45) is 2.71. The van der Waals surface area contributed by atoms with Gasteiger partial charge in [-0.25, -0.2) is 4.79 Å². The monoisotopic (exact) mass is 340 g/mol. The molecule has 1 N–H and O–H groups in total. The standard InChI is InChI=1S/C20H24O3Si/c1-20(2,3)24(17-11-6-4-7-12-17,18-13-8-5-9-14-18)23-16-10-15-19(21)22/h4-15H,16H2,1-3H3,(H,21,22). The minimum atomic E-state index is -2.57. The van der Waals surface area contributed by atoms with Crippen molar-refractivity contribution in [1.82, 2.24) is 0 Å². The van der Waals surface area contributed by atoms with Gasteiger partial charge >= 0.3 is 5.97 Å². The molecule has 0 saturated carbocycles. The predicted octanol–water partition coefficient (Wildman–Crippen LogP) is 3.20. The van der Waals surface area contributed by atoms with Gasteiger partial charge in [0.2, 0.25) is 0 Å². The molecule has 0 bridgehead atoms. The Morgan fingerprint density at radius 2 is 1.46 bits per heavy atom. The quantitative estimate of drug-likeness (QED) is 0.649. The second-order valence-electron chi connectivity index (χ2n) is 6.71. The number of rotatable bonds is 6. The maximum absolute atomic E-state index is 10.7. The van der Waals surface area contributed by atoms with Gasteiger partial charge in [-0.05, 0) is 15.4 Å². The van der Waals surface area contributed by atoms with Crippen LogP contribution in [0.1, 0.15) is 20.8 Å². The number of benzene rings is 2. The van der Waals surface area contributed by atoms with Crippen molar-refractivity contribution in [3.63, 3.8) is 0 Å².